The Morgan fingerprint density at radius 1 is 1.50 bits per heavy atom. The molecule has 3 N–H and O–H groups in total. The third-order valence-corrected chi connectivity index (χ3v) is 2.48. The van der Waals surface area contributed by atoms with Gasteiger partial charge in [0.05, 0.1) is 5.75 Å². The van der Waals surface area contributed by atoms with Crippen LogP contribution in [0.2, 0.25) is 0 Å². The molecule has 0 spiro atoms. The van der Waals surface area contributed by atoms with Crippen molar-refractivity contribution in [3.05, 3.63) is 0 Å². The summed E-state index contributed by atoms with van der Waals surface area (Å²) in [4.78, 5) is 10.5. The molecule has 0 aromatic rings. The first-order valence-corrected chi connectivity index (χ1v) is 5.89. The molecular weight excluding hydrogens is 210 g/mol. The predicted molar refractivity (Wildman–Crippen MR) is 50.8 cm³/mol. The summed E-state index contributed by atoms with van der Waals surface area (Å²) in [7, 11) is -3.94. The van der Waals surface area contributed by atoms with Gasteiger partial charge in [0.1, 0.15) is 6.04 Å². The first-order valence-electron chi connectivity index (χ1n) is 4.28. The number of carbonyl (C=O) groups is 1. The third kappa shape index (κ3) is 6.81. The molecule has 14 heavy (non-hydrogen) atoms. The van der Waals surface area contributed by atoms with Crippen LogP contribution in [0.5, 0.6) is 0 Å². The van der Waals surface area contributed by atoms with Gasteiger partial charge < -0.3 is 10.4 Å². The van der Waals surface area contributed by atoms with E-state index >= 15 is 0 Å². The molecule has 0 amide bonds. The third-order valence-electron chi connectivity index (χ3n) is 1.68. The van der Waals surface area contributed by atoms with Crippen LogP contribution in [-0.4, -0.2) is 42.4 Å². The molecule has 0 saturated heterocycles. The van der Waals surface area contributed by atoms with Crippen LogP contribution in [0, 0.1) is 0 Å². The molecule has 0 fully saturated rings. The number of rotatable bonds is 7. The van der Waals surface area contributed by atoms with E-state index < -0.39 is 22.1 Å². The average molecular weight is 225 g/mol. The highest BCUT2D eigenvalue weighted by molar-refractivity contribution is 7.85. The van der Waals surface area contributed by atoms with Crippen molar-refractivity contribution in [2.24, 2.45) is 0 Å². The fourth-order valence-electron chi connectivity index (χ4n) is 0.937. The van der Waals surface area contributed by atoms with E-state index in [4.69, 9.17) is 9.66 Å². The van der Waals surface area contributed by atoms with Gasteiger partial charge in [-0.3, -0.25) is 9.35 Å². The van der Waals surface area contributed by atoms with E-state index in [1.807, 2.05) is 0 Å². The fourth-order valence-corrected chi connectivity index (χ4v) is 1.45. The zero-order chi connectivity index (χ0) is 11.2. The van der Waals surface area contributed by atoms with Crippen LogP contribution >= 0.6 is 0 Å². The average Bonchev–Trinajstić information content (AvgIpc) is 2.01. The molecule has 0 aromatic heterocycles. The lowest BCUT2D eigenvalue weighted by molar-refractivity contribution is -0.139. The van der Waals surface area contributed by atoms with Gasteiger partial charge in [-0.15, -0.1) is 0 Å². The second-order valence-electron chi connectivity index (χ2n) is 2.89. The Balaban J connectivity index is 3.68. The van der Waals surface area contributed by atoms with E-state index in [9.17, 15) is 13.2 Å². The molecule has 0 unspecified atom stereocenters. The van der Waals surface area contributed by atoms with Crippen LogP contribution in [0.4, 0.5) is 0 Å². The van der Waals surface area contributed by atoms with Crippen molar-refractivity contribution in [3.8, 4) is 0 Å². The van der Waals surface area contributed by atoms with Gasteiger partial charge in [0.15, 0.2) is 0 Å². The summed E-state index contributed by atoms with van der Waals surface area (Å²) in [5.74, 6) is -1.31. The summed E-state index contributed by atoms with van der Waals surface area (Å²) in [5, 5.41) is 11.3. The molecule has 0 bridgehead atoms. The molecule has 0 aliphatic heterocycles. The minimum atomic E-state index is -3.94. The molecule has 0 aliphatic carbocycles. The lowest BCUT2D eigenvalue weighted by Gasteiger charge is -2.10. The monoisotopic (exact) mass is 225 g/mol. The number of aliphatic carboxylic acids is 1. The number of hydrogen-bond donors (Lipinski definition) is 3. The molecule has 7 heteroatoms. The quantitative estimate of drug-likeness (QED) is 0.406. The predicted octanol–water partition coefficient (Wildman–Crippen LogP) is -0.283. The Morgan fingerprint density at radius 3 is 2.43 bits per heavy atom. The van der Waals surface area contributed by atoms with Gasteiger partial charge in [-0.2, -0.15) is 8.42 Å². The molecule has 1 atom stereocenters. The maximum Gasteiger partial charge on any atom is 0.320 e. The molecule has 0 aliphatic rings. The highest BCUT2D eigenvalue weighted by Crippen LogP contribution is 1.92. The number of carboxylic acids is 1. The maximum atomic E-state index is 10.5. The van der Waals surface area contributed by atoms with Crippen molar-refractivity contribution in [1.29, 1.82) is 0 Å². The summed E-state index contributed by atoms with van der Waals surface area (Å²) in [6, 6.07) is -0.656. The fraction of sp³-hybridized carbons (Fsp3) is 0.857. The number of nitrogens with one attached hydrogen (secondary N) is 1. The second-order valence-corrected chi connectivity index (χ2v) is 4.46. The van der Waals surface area contributed by atoms with Gasteiger partial charge in [-0.05, 0) is 19.4 Å². The second kappa shape index (κ2) is 5.94. The van der Waals surface area contributed by atoms with Gasteiger partial charge in [0.25, 0.3) is 10.1 Å². The Labute approximate surface area is 83.1 Å². The highest BCUT2D eigenvalue weighted by atomic mass is 32.2. The minimum absolute atomic E-state index is 0.197. The van der Waals surface area contributed by atoms with E-state index in [0.29, 0.717) is 6.42 Å². The van der Waals surface area contributed by atoms with Gasteiger partial charge >= 0.3 is 5.97 Å². The van der Waals surface area contributed by atoms with E-state index in [2.05, 4.69) is 5.32 Å². The molecule has 6 nitrogen and oxygen atoms in total. The Morgan fingerprint density at radius 2 is 2.07 bits per heavy atom. The summed E-state index contributed by atoms with van der Waals surface area (Å²) in [6.45, 7) is 1.97. The van der Waals surface area contributed by atoms with Crippen molar-refractivity contribution in [2.75, 3.05) is 12.3 Å². The normalized spacial score (nSPS) is 13.9. The van der Waals surface area contributed by atoms with Gasteiger partial charge in [-0.1, -0.05) is 6.92 Å². The van der Waals surface area contributed by atoms with Gasteiger partial charge in [-0.25, -0.2) is 0 Å². The zero-order valence-electron chi connectivity index (χ0n) is 7.93. The highest BCUT2D eigenvalue weighted by Gasteiger charge is 2.13. The molecule has 0 radical (unpaired) electrons. The molecule has 0 aromatic carbocycles. The summed E-state index contributed by atoms with van der Waals surface area (Å²) >= 11 is 0. The lowest BCUT2D eigenvalue weighted by atomic mass is 10.2. The van der Waals surface area contributed by atoms with Crippen LogP contribution in [0.1, 0.15) is 19.8 Å². The van der Waals surface area contributed by atoms with Crippen LogP contribution in [0.15, 0.2) is 0 Å². The Hall–Kier alpha value is -0.660. The van der Waals surface area contributed by atoms with E-state index in [1.165, 1.54) is 0 Å². The molecular formula is C7H15NO5S. The molecule has 0 saturated carbocycles. The van der Waals surface area contributed by atoms with Crippen molar-refractivity contribution in [1.82, 2.24) is 5.32 Å². The molecule has 0 heterocycles. The first-order chi connectivity index (χ1) is 6.37. The smallest absolute Gasteiger partial charge is 0.320 e. The standard InChI is InChI=1S/C7H15NO5S/c1-2-6(7(9)10)8-4-3-5-14(11,12)13/h6,8H,2-5H2,1H3,(H,9,10)(H,11,12,13)/t6-/m0/s1. The van der Waals surface area contributed by atoms with Crippen LogP contribution < -0.4 is 5.32 Å². The van der Waals surface area contributed by atoms with E-state index in [-0.39, 0.29) is 18.7 Å². The first kappa shape index (κ1) is 13.3. The maximum absolute atomic E-state index is 10.5. The summed E-state index contributed by atoms with van der Waals surface area (Å²) < 4.78 is 29.0. The van der Waals surface area contributed by atoms with Crippen molar-refractivity contribution in [3.63, 3.8) is 0 Å². The number of hydrogen-bond acceptors (Lipinski definition) is 4. The van der Waals surface area contributed by atoms with E-state index in [0.717, 1.165) is 0 Å². The van der Waals surface area contributed by atoms with Crippen molar-refractivity contribution in [2.45, 2.75) is 25.8 Å². The largest absolute Gasteiger partial charge is 0.480 e. The van der Waals surface area contributed by atoms with Crippen molar-refractivity contribution >= 4 is 16.1 Å². The lowest BCUT2D eigenvalue weighted by Crippen LogP contribution is -2.37. The van der Waals surface area contributed by atoms with Crippen LogP contribution in [-0.2, 0) is 14.9 Å². The van der Waals surface area contributed by atoms with Crippen molar-refractivity contribution < 1.29 is 22.9 Å². The van der Waals surface area contributed by atoms with Gasteiger partial charge in [0, 0.05) is 0 Å². The molecule has 84 valence electrons. The SMILES string of the molecule is CC[C@H](NCCCS(=O)(=O)O)C(=O)O. The summed E-state index contributed by atoms with van der Waals surface area (Å²) in [5.41, 5.74) is 0. The van der Waals surface area contributed by atoms with Crippen LogP contribution in [0.3, 0.4) is 0 Å². The number of carboxylic acid groups (broad SMARTS) is 1. The summed E-state index contributed by atoms with van der Waals surface area (Å²) in [6.07, 6.45) is 0.629. The van der Waals surface area contributed by atoms with Crippen LogP contribution in [0.25, 0.3) is 0 Å². The molecule has 0 rings (SSSR count). The topological polar surface area (TPSA) is 104 Å². The Kier molecular flexibility index (Phi) is 5.66. The minimum Gasteiger partial charge on any atom is -0.480 e. The Bertz CT molecular complexity index is 274. The zero-order valence-corrected chi connectivity index (χ0v) is 8.75. The van der Waals surface area contributed by atoms with E-state index in [1.54, 1.807) is 6.92 Å². The van der Waals surface area contributed by atoms with Gasteiger partial charge in [0.2, 0.25) is 0 Å².